The Morgan fingerprint density at radius 2 is 2.00 bits per heavy atom. The lowest BCUT2D eigenvalue weighted by molar-refractivity contribution is -0.143. The van der Waals surface area contributed by atoms with Crippen molar-refractivity contribution in [2.75, 3.05) is 6.61 Å². The highest BCUT2D eigenvalue weighted by atomic mass is 16.5. The third-order valence-electron chi connectivity index (χ3n) is 2.25. The lowest BCUT2D eigenvalue weighted by atomic mass is 10.1. The minimum absolute atomic E-state index is 0.0329. The van der Waals surface area contributed by atoms with Crippen molar-refractivity contribution in [2.45, 2.75) is 58.8 Å². The molecule has 2 nitrogen and oxygen atoms in total. The Balaban J connectivity index is 3.16. The smallest absolute Gasteiger partial charge is 0.305 e. The number of esters is 1. The second-order valence-electron chi connectivity index (χ2n) is 3.74. The molecule has 0 N–H and O–H groups in total. The summed E-state index contributed by atoms with van der Waals surface area (Å²) >= 11 is 0. The number of allylic oxidation sites excluding steroid dienone is 2. The zero-order chi connectivity index (χ0) is 11.4. The summed E-state index contributed by atoms with van der Waals surface area (Å²) in [6.07, 6.45) is 11.3. The Morgan fingerprint density at radius 1 is 1.20 bits per heavy atom. The largest absolute Gasteiger partial charge is 0.466 e. The van der Waals surface area contributed by atoms with Crippen LogP contribution in [0, 0.1) is 0 Å². The molecule has 0 aromatic heterocycles. The molecular formula is C13H24O2. The van der Waals surface area contributed by atoms with Gasteiger partial charge in [-0.05, 0) is 32.6 Å². The molecule has 0 heterocycles. The minimum Gasteiger partial charge on any atom is -0.466 e. The highest BCUT2D eigenvalue weighted by molar-refractivity contribution is 5.69. The summed E-state index contributed by atoms with van der Waals surface area (Å²) in [5.41, 5.74) is 0. The Bertz CT molecular complexity index is 173. The van der Waals surface area contributed by atoms with E-state index in [1.54, 1.807) is 0 Å². The van der Waals surface area contributed by atoms with E-state index in [0.717, 1.165) is 32.1 Å². The standard InChI is InChI=1S/C13H24O2/c1-3-5-7-8-9-10-11-13(14)15-12-6-4-2/h3,5H,4,6-12H2,1-2H3. The first-order valence-corrected chi connectivity index (χ1v) is 6.08. The van der Waals surface area contributed by atoms with E-state index in [0.29, 0.717) is 13.0 Å². The van der Waals surface area contributed by atoms with Crippen LogP contribution in [0.15, 0.2) is 12.2 Å². The first-order chi connectivity index (χ1) is 7.31. The molecule has 0 radical (unpaired) electrons. The van der Waals surface area contributed by atoms with Crippen molar-refractivity contribution < 1.29 is 9.53 Å². The summed E-state index contributed by atoms with van der Waals surface area (Å²) in [5, 5.41) is 0. The summed E-state index contributed by atoms with van der Waals surface area (Å²) in [6, 6.07) is 0. The van der Waals surface area contributed by atoms with Gasteiger partial charge in [0.2, 0.25) is 0 Å². The van der Waals surface area contributed by atoms with E-state index < -0.39 is 0 Å². The van der Waals surface area contributed by atoms with Gasteiger partial charge in [-0.3, -0.25) is 4.79 Å². The highest BCUT2D eigenvalue weighted by Crippen LogP contribution is 2.05. The van der Waals surface area contributed by atoms with E-state index in [1.807, 2.05) is 6.92 Å². The van der Waals surface area contributed by atoms with Gasteiger partial charge in [0.25, 0.3) is 0 Å². The molecule has 0 atom stereocenters. The molecule has 2 heteroatoms. The molecule has 15 heavy (non-hydrogen) atoms. The number of carbonyl (C=O) groups is 1. The molecule has 0 aromatic carbocycles. The van der Waals surface area contributed by atoms with E-state index in [1.165, 1.54) is 6.42 Å². The Morgan fingerprint density at radius 3 is 2.67 bits per heavy atom. The number of ether oxygens (including phenoxy) is 1. The SMILES string of the molecule is CC=CCCCCCC(=O)OCCCC. The quantitative estimate of drug-likeness (QED) is 0.329. The first-order valence-electron chi connectivity index (χ1n) is 6.08. The molecule has 0 saturated carbocycles. The first kappa shape index (κ1) is 14.2. The average Bonchev–Trinajstić information content (AvgIpc) is 2.23. The van der Waals surface area contributed by atoms with Crippen LogP contribution in [-0.4, -0.2) is 12.6 Å². The van der Waals surface area contributed by atoms with Gasteiger partial charge >= 0.3 is 5.97 Å². The summed E-state index contributed by atoms with van der Waals surface area (Å²) in [4.78, 5) is 11.2. The molecule has 0 aliphatic rings. The highest BCUT2D eigenvalue weighted by Gasteiger charge is 2.01. The molecule has 0 rings (SSSR count). The number of hydrogen-bond acceptors (Lipinski definition) is 2. The van der Waals surface area contributed by atoms with Crippen molar-refractivity contribution in [1.82, 2.24) is 0 Å². The molecule has 0 aliphatic heterocycles. The second kappa shape index (κ2) is 11.3. The fourth-order valence-electron chi connectivity index (χ4n) is 1.28. The van der Waals surface area contributed by atoms with Gasteiger partial charge in [-0.15, -0.1) is 0 Å². The fourth-order valence-corrected chi connectivity index (χ4v) is 1.28. The number of rotatable bonds is 9. The van der Waals surface area contributed by atoms with E-state index in [9.17, 15) is 4.79 Å². The predicted octanol–water partition coefficient (Wildman–Crippen LogP) is 3.86. The van der Waals surface area contributed by atoms with Crippen LogP contribution in [-0.2, 0) is 9.53 Å². The van der Waals surface area contributed by atoms with E-state index >= 15 is 0 Å². The molecule has 0 bridgehead atoms. The van der Waals surface area contributed by atoms with Crippen LogP contribution in [0.25, 0.3) is 0 Å². The minimum atomic E-state index is -0.0329. The van der Waals surface area contributed by atoms with Crippen LogP contribution < -0.4 is 0 Å². The third kappa shape index (κ3) is 11.1. The van der Waals surface area contributed by atoms with Gasteiger partial charge in [0.05, 0.1) is 6.61 Å². The van der Waals surface area contributed by atoms with Gasteiger partial charge in [-0.25, -0.2) is 0 Å². The molecule has 0 saturated heterocycles. The van der Waals surface area contributed by atoms with Gasteiger partial charge in [-0.2, -0.15) is 0 Å². The van der Waals surface area contributed by atoms with Crippen molar-refractivity contribution in [3.05, 3.63) is 12.2 Å². The Kier molecular flexibility index (Phi) is 10.7. The zero-order valence-electron chi connectivity index (χ0n) is 10.1. The van der Waals surface area contributed by atoms with Crippen LogP contribution in [0.1, 0.15) is 58.8 Å². The predicted molar refractivity (Wildman–Crippen MR) is 63.8 cm³/mol. The number of carbonyl (C=O) groups excluding carboxylic acids is 1. The van der Waals surface area contributed by atoms with Crippen molar-refractivity contribution in [3.8, 4) is 0 Å². The van der Waals surface area contributed by atoms with Crippen LogP contribution in [0.3, 0.4) is 0 Å². The number of unbranched alkanes of at least 4 members (excludes halogenated alkanes) is 4. The fraction of sp³-hybridized carbons (Fsp3) is 0.769. The van der Waals surface area contributed by atoms with E-state index in [4.69, 9.17) is 4.74 Å². The van der Waals surface area contributed by atoms with Crippen LogP contribution in [0.5, 0.6) is 0 Å². The molecule has 0 amide bonds. The monoisotopic (exact) mass is 212 g/mol. The van der Waals surface area contributed by atoms with Gasteiger partial charge in [0.15, 0.2) is 0 Å². The molecular weight excluding hydrogens is 188 g/mol. The summed E-state index contributed by atoms with van der Waals surface area (Å²) < 4.78 is 5.06. The topological polar surface area (TPSA) is 26.3 Å². The molecule has 0 spiro atoms. The molecule has 0 aliphatic carbocycles. The number of hydrogen-bond donors (Lipinski definition) is 0. The second-order valence-corrected chi connectivity index (χ2v) is 3.74. The van der Waals surface area contributed by atoms with Crippen molar-refractivity contribution in [1.29, 1.82) is 0 Å². The van der Waals surface area contributed by atoms with Crippen LogP contribution in [0.2, 0.25) is 0 Å². The summed E-state index contributed by atoms with van der Waals surface area (Å²) in [6.45, 7) is 4.72. The van der Waals surface area contributed by atoms with Crippen molar-refractivity contribution in [3.63, 3.8) is 0 Å². The normalized spacial score (nSPS) is 10.8. The lowest BCUT2D eigenvalue weighted by Gasteiger charge is -2.03. The Labute approximate surface area is 93.7 Å². The van der Waals surface area contributed by atoms with E-state index in [-0.39, 0.29) is 5.97 Å². The average molecular weight is 212 g/mol. The maximum atomic E-state index is 11.2. The summed E-state index contributed by atoms with van der Waals surface area (Å²) in [7, 11) is 0. The Hall–Kier alpha value is -0.790. The van der Waals surface area contributed by atoms with Crippen LogP contribution in [0.4, 0.5) is 0 Å². The molecule has 0 unspecified atom stereocenters. The van der Waals surface area contributed by atoms with Crippen LogP contribution >= 0.6 is 0 Å². The van der Waals surface area contributed by atoms with Crippen molar-refractivity contribution >= 4 is 5.97 Å². The van der Waals surface area contributed by atoms with Crippen molar-refractivity contribution in [2.24, 2.45) is 0 Å². The third-order valence-corrected chi connectivity index (χ3v) is 2.25. The summed E-state index contributed by atoms with van der Waals surface area (Å²) in [5.74, 6) is -0.0329. The van der Waals surface area contributed by atoms with Gasteiger partial charge in [0.1, 0.15) is 0 Å². The lowest BCUT2D eigenvalue weighted by Crippen LogP contribution is -2.05. The van der Waals surface area contributed by atoms with E-state index in [2.05, 4.69) is 19.1 Å². The maximum absolute atomic E-state index is 11.2. The maximum Gasteiger partial charge on any atom is 0.305 e. The van der Waals surface area contributed by atoms with Gasteiger partial charge in [-0.1, -0.05) is 31.9 Å². The molecule has 88 valence electrons. The zero-order valence-corrected chi connectivity index (χ0v) is 10.1. The van der Waals surface area contributed by atoms with Gasteiger partial charge < -0.3 is 4.74 Å². The van der Waals surface area contributed by atoms with Gasteiger partial charge in [0, 0.05) is 6.42 Å². The molecule has 0 aromatic rings. The molecule has 0 fully saturated rings.